The topological polar surface area (TPSA) is 216 Å². The van der Waals surface area contributed by atoms with Crippen LogP contribution in [0.2, 0.25) is 0 Å². The predicted octanol–water partition coefficient (Wildman–Crippen LogP) is 5.28. The smallest absolute Gasteiger partial charge is 0.336 e. The molecular formula is C37H40N4O12. The molecule has 280 valence electrons. The Bertz CT molecular complexity index is 1800. The zero-order chi connectivity index (χ0) is 39.0. The molecule has 0 spiro atoms. The SMILES string of the molecule is CCOC(=O)C1=C(C)NC(C)=C(C(=O)OCCCOC(=O)C2=C(C)NC(C)=C(C(=O)OCC)C2c2ccc([N+](=O)[O-])cc2)C1c1ccc([N+](=O)[O-])cc1. The van der Waals surface area contributed by atoms with Crippen molar-refractivity contribution in [3.05, 3.63) is 125 Å². The van der Waals surface area contributed by atoms with Gasteiger partial charge in [0.25, 0.3) is 11.4 Å². The standard InChI is InChI=1S/C37H40N4O12/c1-7-50-34(42)28-20(3)38-22(5)30(32(28)24-10-14-26(15-11-24)40(46)47)36(44)52-18-9-19-53-37(45)31-23(6)39-21(4)29(35(43)51-8-2)33(31)25-12-16-27(17-13-25)41(48)49/h10-17,32-33,38-39H,7-9,18-19H2,1-6H3. The van der Waals surface area contributed by atoms with Crippen LogP contribution in [-0.2, 0) is 38.1 Å². The van der Waals surface area contributed by atoms with Gasteiger partial charge in [-0.25, -0.2) is 19.2 Å². The maximum atomic E-state index is 13.6. The fraction of sp³-hybridized carbons (Fsp3) is 0.351. The summed E-state index contributed by atoms with van der Waals surface area (Å²) >= 11 is 0. The van der Waals surface area contributed by atoms with E-state index in [1.54, 1.807) is 41.5 Å². The van der Waals surface area contributed by atoms with E-state index in [4.69, 9.17) is 18.9 Å². The lowest BCUT2D eigenvalue weighted by atomic mass is 9.80. The Morgan fingerprint density at radius 2 is 0.830 bits per heavy atom. The van der Waals surface area contributed by atoms with E-state index in [2.05, 4.69) is 10.6 Å². The van der Waals surface area contributed by atoms with Crippen LogP contribution in [0.1, 0.15) is 70.9 Å². The van der Waals surface area contributed by atoms with Crippen LogP contribution in [0.25, 0.3) is 0 Å². The van der Waals surface area contributed by atoms with E-state index in [0.29, 0.717) is 33.9 Å². The molecule has 0 bridgehead atoms. The minimum atomic E-state index is -0.961. The van der Waals surface area contributed by atoms with E-state index in [1.165, 1.54) is 48.5 Å². The summed E-state index contributed by atoms with van der Waals surface area (Å²) in [6.45, 7) is 9.63. The molecule has 2 aromatic rings. The quantitative estimate of drug-likeness (QED) is 0.0832. The first-order valence-corrected chi connectivity index (χ1v) is 16.8. The summed E-state index contributed by atoms with van der Waals surface area (Å²) < 4.78 is 21.7. The van der Waals surface area contributed by atoms with Crippen LogP contribution in [0.15, 0.2) is 93.6 Å². The monoisotopic (exact) mass is 732 g/mol. The molecule has 16 nitrogen and oxygen atoms in total. The van der Waals surface area contributed by atoms with Crippen molar-refractivity contribution < 1.29 is 48.0 Å². The second kappa shape index (κ2) is 17.3. The number of nitrogens with one attached hydrogen (secondary N) is 2. The number of allylic oxidation sites excluding steroid dienone is 4. The lowest BCUT2D eigenvalue weighted by Crippen LogP contribution is -2.33. The van der Waals surface area contributed by atoms with E-state index in [1.807, 2.05) is 0 Å². The highest BCUT2D eigenvalue weighted by atomic mass is 16.6. The number of ether oxygens (including phenoxy) is 4. The fourth-order valence-electron chi connectivity index (χ4n) is 6.28. The Kier molecular flexibility index (Phi) is 12.9. The Morgan fingerprint density at radius 1 is 0.547 bits per heavy atom. The number of non-ortho nitro benzene ring substituents is 2. The number of esters is 4. The Balaban J connectivity index is 1.51. The highest BCUT2D eigenvalue weighted by Crippen LogP contribution is 2.41. The van der Waals surface area contributed by atoms with Crippen LogP contribution in [0, 0.1) is 20.2 Å². The highest BCUT2D eigenvalue weighted by Gasteiger charge is 2.39. The number of carbonyl (C=O) groups is 4. The first-order valence-electron chi connectivity index (χ1n) is 16.8. The van der Waals surface area contributed by atoms with Gasteiger partial charge in [0.05, 0.1) is 70.4 Å². The number of hydrogen-bond donors (Lipinski definition) is 2. The summed E-state index contributed by atoms with van der Waals surface area (Å²) in [4.78, 5) is 74.9. The predicted molar refractivity (Wildman–Crippen MR) is 189 cm³/mol. The molecule has 0 fully saturated rings. The number of nitro benzene ring substituents is 2. The summed E-state index contributed by atoms with van der Waals surface area (Å²) in [7, 11) is 0. The van der Waals surface area contributed by atoms with Gasteiger partial charge < -0.3 is 29.6 Å². The van der Waals surface area contributed by atoms with Gasteiger partial charge in [-0.2, -0.15) is 0 Å². The van der Waals surface area contributed by atoms with Crippen molar-refractivity contribution >= 4 is 35.3 Å². The summed E-state index contributed by atoms with van der Waals surface area (Å²) in [5.74, 6) is -4.81. The van der Waals surface area contributed by atoms with E-state index >= 15 is 0 Å². The summed E-state index contributed by atoms with van der Waals surface area (Å²) in [5.41, 5.74) is 2.69. The van der Waals surface area contributed by atoms with Crippen molar-refractivity contribution in [1.82, 2.24) is 10.6 Å². The van der Waals surface area contributed by atoms with Crippen molar-refractivity contribution in [2.24, 2.45) is 0 Å². The molecule has 2 aliphatic rings. The summed E-state index contributed by atoms with van der Waals surface area (Å²) in [6, 6.07) is 11.0. The zero-order valence-corrected chi connectivity index (χ0v) is 30.1. The highest BCUT2D eigenvalue weighted by molar-refractivity contribution is 6.01. The third-order valence-electron chi connectivity index (χ3n) is 8.58. The van der Waals surface area contributed by atoms with E-state index in [9.17, 15) is 39.4 Å². The third kappa shape index (κ3) is 8.77. The lowest BCUT2D eigenvalue weighted by molar-refractivity contribution is -0.385. The molecule has 4 rings (SSSR count). The first kappa shape index (κ1) is 39.5. The van der Waals surface area contributed by atoms with Crippen LogP contribution in [0.4, 0.5) is 11.4 Å². The molecule has 0 aliphatic carbocycles. The molecule has 0 amide bonds. The molecule has 2 atom stereocenters. The van der Waals surface area contributed by atoms with Crippen LogP contribution >= 0.6 is 0 Å². The summed E-state index contributed by atoms with van der Waals surface area (Å²) in [6.07, 6.45) is 0.0700. The van der Waals surface area contributed by atoms with Gasteiger partial charge in [0.15, 0.2) is 0 Å². The van der Waals surface area contributed by atoms with Gasteiger partial charge in [0.2, 0.25) is 0 Å². The van der Waals surface area contributed by atoms with Crippen LogP contribution in [0.5, 0.6) is 0 Å². The minimum absolute atomic E-state index is 0.0700. The van der Waals surface area contributed by atoms with Crippen molar-refractivity contribution in [3.63, 3.8) is 0 Å². The molecule has 0 aromatic heterocycles. The van der Waals surface area contributed by atoms with Gasteiger partial charge in [0.1, 0.15) is 0 Å². The molecule has 2 unspecified atom stereocenters. The Labute approximate surface area is 304 Å². The molecule has 2 heterocycles. The van der Waals surface area contributed by atoms with Crippen molar-refractivity contribution in [2.45, 2.75) is 59.8 Å². The van der Waals surface area contributed by atoms with Crippen LogP contribution in [0.3, 0.4) is 0 Å². The van der Waals surface area contributed by atoms with Crippen LogP contribution < -0.4 is 10.6 Å². The third-order valence-corrected chi connectivity index (χ3v) is 8.58. The number of nitro groups is 2. The Hall–Kier alpha value is -6.32. The number of benzene rings is 2. The average molecular weight is 733 g/mol. The van der Waals surface area contributed by atoms with Gasteiger partial charge in [-0.3, -0.25) is 20.2 Å². The maximum Gasteiger partial charge on any atom is 0.336 e. The zero-order valence-electron chi connectivity index (χ0n) is 30.1. The van der Waals surface area contributed by atoms with Crippen molar-refractivity contribution in [2.75, 3.05) is 26.4 Å². The number of hydrogen-bond acceptors (Lipinski definition) is 14. The summed E-state index contributed by atoms with van der Waals surface area (Å²) in [5, 5.41) is 28.6. The number of rotatable bonds is 14. The molecule has 2 aliphatic heterocycles. The lowest BCUT2D eigenvalue weighted by Gasteiger charge is -2.30. The van der Waals surface area contributed by atoms with Crippen molar-refractivity contribution in [3.8, 4) is 0 Å². The molecule has 0 saturated heterocycles. The number of carbonyl (C=O) groups excluding carboxylic acids is 4. The van der Waals surface area contributed by atoms with Gasteiger partial charge in [-0.15, -0.1) is 0 Å². The van der Waals surface area contributed by atoms with E-state index < -0.39 is 45.6 Å². The second-order valence-corrected chi connectivity index (χ2v) is 12.0. The number of nitrogens with zero attached hydrogens (tertiary/aromatic N) is 2. The average Bonchev–Trinajstić information content (AvgIpc) is 3.10. The van der Waals surface area contributed by atoms with E-state index in [-0.39, 0.29) is 66.5 Å². The second-order valence-electron chi connectivity index (χ2n) is 12.0. The molecule has 2 N–H and O–H groups in total. The van der Waals surface area contributed by atoms with Crippen molar-refractivity contribution in [1.29, 1.82) is 0 Å². The molecular weight excluding hydrogens is 692 g/mol. The molecule has 2 aromatic carbocycles. The molecule has 0 saturated carbocycles. The number of dihydropyridines is 2. The van der Waals surface area contributed by atoms with Gasteiger partial charge >= 0.3 is 23.9 Å². The van der Waals surface area contributed by atoms with E-state index in [0.717, 1.165) is 0 Å². The van der Waals surface area contributed by atoms with Gasteiger partial charge in [-0.05, 0) is 52.7 Å². The maximum absolute atomic E-state index is 13.6. The van der Waals surface area contributed by atoms with Crippen LogP contribution in [-0.4, -0.2) is 60.2 Å². The molecule has 0 radical (unpaired) electrons. The first-order chi connectivity index (χ1) is 25.2. The Morgan fingerprint density at radius 3 is 1.09 bits per heavy atom. The molecule has 16 heteroatoms. The normalized spacial score (nSPS) is 17.1. The fourth-order valence-corrected chi connectivity index (χ4v) is 6.28. The van der Waals surface area contributed by atoms with Gasteiger partial charge in [-0.1, -0.05) is 24.3 Å². The minimum Gasteiger partial charge on any atom is -0.463 e. The largest absolute Gasteiger partial charge is 0.463 e. The molecule has 53 heavy (non-hydrogen) atoms. The van der Waals surface area contributed by atoms with Gasteiger partial charge in [0, 0.05) is 53.5 Å².